The first kappa shape index (κ1) is 24.0. The molecule has 1 amide bonds. The Labute approximate surface area is 207 Å². The molecule has 0 saturated carbocycles. The second kappa shape index (κ2) is 10.4. The first-order chi connectivity index (χ1) is 16.3. The summed E-state index contributed by atoms with van der Waals surface area (Å²) >= 11 is 7.74. The number of amides is 1. The highest BCUT2D eigenvalue weighted by atomic mass is 35.5. The van der Waals surface area contributed by atoms with Crippen LogP contribution >= 0.6 is 23.4 Å². The second-order valence-electron chi connectivity index (χ2n) is 8.21. The van der Waals surface area contributed by atoms with Crippen LogP contribution in [-0.4, -0.2) is 33.0 Å². The van der Waals surface area contributed by atoms with Crippen molar-refractivity contribution in [3.05, 3.63) is 87.3 Å². The SMILES string of the molecule is CC1=C(C(=O)OC(C)C)[C@H](c2cccc(Cl)c2)N2C(CC(=O)NCc3ccncc3)=CSC2=N1. The molecule has 2 aromatic rings. The van der Waals surface area contributed by atoms with Crippen molar-refractivity contribution in [3.63, 3.8) is 0 Å². The van der Waals surface area contributed by atoms with Crippen LogP contribution in [-0.2, 0) is 20.9 Å². The molecular weight excluding hydrogens is 472 g/mol. The molecule has 3 heterocycles. The summed E-state index contributed by atoms with van der Waals surface area (Å²) in [6.07, 6.45) is 3.24. The summed E-state index contributed by atoms with van der Waals surface area (Å²) in [5.74, 6) is -0.564. The molecule has 4 rings (SSSR count). The molecule has 2 aliphatic heterocycles. The third-order valence-electron chi connectivity index (χ3n) is 5.31. The Bertz CT molecular complexity index is 1190. The number of halogens is 1. The zero-order valence-corrected chi connectivity index (χ0v) is 20.7. The number of nitrogens with zero attached hydrogens (tertiary/aromatic N) is 3. The van der Waals surface area contributed by atoms with Crippen molar-refractivity contribution in [1.29, 1.82) is 0 Å². The van der Waals surface area contributed by atoms with Gasteiger partial charge in [0, 0.05) is 29.7 Å². The first-order valence-electron chi connectivity index (χ1n) is 10.9. The molecule has 0 fully saturated rings. The molecule has 0 unspecified atom stereocenters. The molecule has 1 aromatic heterocycles. The van der Waals surface area contributed by atoms with Crippen LogP contribution in [0.5, 0.6) is 0 Å². The van der Waals surface area contributed by atoms with Gasteiger partial charge in [-0.2, -0.15) is 0 Å². The van der Waals surface area contributed by atoms with Gasteiger partial charge in [0.25, 0.3) is 0 Å². The Morgan fingerprint density at radius 1 is 1.24 bits per heavy atom. The number of ether oxygens (including phenoxy) is 1. The molecule has 2 aliphatic rings. The van der Waals surface area contributed by atoms with E-state index >= 15 is 0 Å². The monoisotopic (exact) mass is 496 g/mol. The van der Waals surface area contributed by atoms with Gasteiger partial charge in [-0.25, -0.2) is 9.79 Å². The summed E-state index contributed by atoms with van der Waals surface area (Å²) in [7, 11) is 0. The van der Waals surface area contributed by atoms with Gasteiger partial charge in [0.15, 0.2) is 5.17 Å². The van der Waals surface area contributed by atoms with Crippen LogP contribution in [0.25, 0.3) is 0 Å². The van der Waals surface area contributed by atoms with Crippen molar-refractivity contribution < 1.29 is 14.3 Å². The molecule has 1 aromatic carbocycles. The number of hydrogen-bond donors (Lipinski definition) is 1. The second-order valence-corrected chi connectivity index (χ2v) is 9.48. The van der Waals surface area contributed by atoms with Gasteiger partial charge in [0.2, 0.25) is 5.91 Å². The average molecular weight is 497 g/mol. The lowest BCUT2D eigenvalue weighted by molar-refractivity contribution is -0.143. The van der Waals surface area contributed by atoms with E-state index in [2.05, 4.69) is 15.3 Å². The average Bonchev–Trinajstić information content (AvgIpc) is 3.18. The lowest BCUT2D eigenvalue weighted by Gasteiger charge is -2.36. The number of carbonyl (C=O) groups excluding carboxylic acids is 2. The van der Waals surface area contributed by atoms with Crippen molar-refractivity contribution in [2.75, 3.05) is 0 Å². The number of thioether (sulfide) groups is 1. The fourth-order valence-electron chi connectivity index (χ4n) is 3.83. The fourth-order valence-corrected chi connectivity index (χ4v) is 4.99. The van der Waals surface area contributed by atoms with Gasteiger partial charge in [0.1, 0.15) is 0 Å². The van der Waals surface area contributed by atoms with Crippen LogP contribution in [0.2, 0.25) is 5.02 Å². The number of aromatic nitrogens is 1. The van der Waals surface area contributed by atoms with Crippen LogP contribution in [0.3, 0.4) is 0 Å². The molecule has 0 radical (unpaired) electrons. The van der Waals surface area contributed by atoms with Gasteiger partial charge in [-0.05, 0) is 61.6 Å². The Hall–Kier alpha value is -3.10. The lowest BCUT2D eigenvalue weighted by Crippen LogP contribution is -2.38. The van der Waals surface area contributed by atoms with Crippen LogP contribution in [0, 0.1) is 0 Å². The Morgan fingerprint density at radius 3 is 2.71 bits per heavy atom. The number of fused-ring (bicyclic) bond motifs is 1. The molecule has 9 heteroatoms. The summed E-state index contributed by atoms with van der Waals surface area (Å²) < 4.78 is 5.56. The number of pyridine rings is 1. The number of benzene rings is 1. The molecule has 1 N–H and O–H groups in total. The maximum Gasteiger partial charge on any atom is 0.338 e. The summed E-state index contributed by atoms with van der Waals surface area (Å²) in [5.41, 5.74) is 3.56. The highest BCUT2D eigenvalue weighted by Crippen LogP contribution is 2.45. The highest BCUT2D eigenvalue weighted by Gasteiger charge is 2.41. The third kappa shape index (κ3) is 5.34. The van der Waals surface area contributed by atoms with Gasteiger partial charge < -0.3 is 15.0 Å². The predicted octanol–water partition coefficient (Wildman–Crippen LogP) is 4.97. The van der Waals surface area contributed by atoms with E-state index in [-0.39, 0.29) is 18.4 Å². The van der Waals surface area contributed by atoms with Crippen LogP contribution in [0.15, 0.2) is 76.2 Å². The summed E-state index contributed by atoms with van der Waals surface area (Å²) in [6.45, 7) is 5.83. The molecule has 176 valence electrons. The van der Waals surface area contributed by atoms with E-state index in [1.165, 1.54) is 11.8 Å². The van der Waals surface area contributed by atoms with Crippen LogP contribution in [0.4, 0.5) is 0 Å². The highest BCUT2D eigenvalue weighted by molar-refractivity contribution is 8.16. The molecule has 0 spiro atoms. The number of carbonyl (C=O) groups is 2. The number of nitrogens with one attached hydrogen (secondary N) is 1. The van der Waals surface area contributed by atoms with E-state index in [1.807, 2.05) is 54.5 Å². The minimum Gasteiger partial charge on any atom is -0.459 e. The van der Waals surface area contributed by atoms with E-state index in [0.29, 0.717) is 28.0 Å². The van der Waals surface area contributed by atoms with Gasteiger partial charge in [0.05, 0.1) is 29.8 Å². The summed E-state index contributed by atoms with van der Waals surface area (Å²) in [5, 5.41) is 6.12. The van der Waals surface area contributed by atoms with E-state index in [0.717, 1.165) is 16.8 Å². The quantitative estimate of drug-likeness (QED) is 0.545. The normalized spacial score (nSPS) is 17.3. The maximum absolute atomic E-state index is 13.1. The molecule has 0 bridgehead atoms. The maximum atomic E-state index is 13.1. The van der Waals surface area contributed by atoms with Gasteiger partial charge in [-0.3, -0.25) is 9.78 Å². The number of hydrogen-bond acceptors (Lipinski definition) is 7. The Morgan fingerprint density at radius 2 is 2.00 bits per heavy atom. The minimum atomic E-state index is -0.508. The number of allylic oxidation sites excluding steroid dienone is 1. The molecule has 7 nitrogen and oxygen atoms in total. The molecule has 1 atom stereocenters. The smallest absolute Gasteiger partial charge is 0.338 e. The topological polar surface area (TPSA) is 83.9 Å². The van der Waals surface area contributed by atoms with Crippen molar-refractivity contribution >= 4 is 40.4 Å². The van der Waals surface area contributed by atoms with Crippen molar-refractivity contribution in [1.82, 2.24) is 15.2 Å². The Balaban J connectivity index is 1.62. The molecule has 0 aliphatic carbocycles. The van der Waals surface area contributed by atoms with Crippen LogP contribution < -0.4 is 5.32 Å². The Kier molecular flexibility index (Phi) is 7.38. The third-order valence-corrected chi connectivity index (χ3v) is 6.43. The van der Waals surface area contributed by atoms with E-state index < -0.39 is 12.0 Å². The number of amidine groups is 1. The molecule has 0 saturated heterocycles. The van der Waals surface area contributed by atoms with Gasteiger partial charge in [-0.15, -0.1) is 0 Å². The van der Waals surface area contributed by atoms with Gasteiger partial charge >= 0.3 is 5.97 Å². The van der Waals surface area contributed by atoms with Crippen molar-refractivity contribution in [3.8, 4) is 0 Å². The van der Waals surface area contributed by atoms with E-state index in [4.69, 9.17) is 16.3 Å². The fraction of sp³-hybridized carbons (Fsp3) is 0.280. The van der Waals surface area contributed by atoms with E-state index in [1.54, 1.807) is 25.4 Å². The predicted molar refractivity (Wildman–Crippen MR) is 134 cm³/mol. The minimum absolute atomic E-state index is 0.132. The zero-order valence-electron chi connectivity index (χ0n) is 19.1. The molecular formula is C25H25ClN4O3S. The van der Waals surface area contributed by atoms with Crippen LogP contribution in [0.1, 0.15) is 44.4 Å². The standard InChI is InChI=1S/C25H25ClN4O3S/c1-15(2)33-24(32)22-16(3)29-25-30(23(22)18-5-4-6-19(26)11-18)20(14-34-25)12-21(31)28-13-17-7-9-27-10-8-17/h4-11,14-15,23H,12-13H2,1-3H3,(H,28,31)/t23-/m0/s1. The summed E-state index contributed by atoms with van der Waals surface area (Å²) in [6, 6.07) is 10.6. The number of rotatable bonds is 7. The first-order valence-corrected chi connectivity index (χ1v) is 12.2. The molecule has 34 heavy (non-hydrogen) atoms. The number of aliphatic imine (C=N–C) groups is 1. The lowest BCUT2D eigenvalue weighted by atomic mass is 9.94. The largest absolute Gasteiger partial charge is 0.459 e. The summed E-state index contributed by atoms with van der Waals surface area (Å²) in [4.78, 5) is 36.5. The van der Waals surface area contributed by atoms with Crippen molar-refractivity contribution in [2.24, 2.45) is 4.99 Å². The van der Waals surface area contributed by atoms with Gasteiger partial charge in [-0.1, -0.05) is 35.5 Å². The zero-order chi connectivity index (χ0) is 24.2. The van der Waals surface area contributed by atoms with Crippen molar-refractivity contribution in [2.45, 2.75) is 45.9 Å². The number of esters is 1. The van der Waals surface area contributed by atoms with E-state index in [9.17, 15) is 9.59 Å².